The minimum Gasteiger partial charge on any atom is -0.383 e. The molecule has 0 bridgehead atoms. The fourth-order valence-corrected chi connectivity index (χ4v) is 3.09. The second-order valence-corrected chi connectivity index (χ2v) is 4.94. The third-order valence-corrected chi connectivity index (χ3v) is 3.94. The molecule has 1 aliphatic rings. The summed E-state index contributed by atoms with van der Waals surface area (Å²) in [5, 5.41) is 0.415. The van der Waals surface area contributed by atoms with E-state index >= 15 is 0 Å². The van der Waals surface area contributed by atoms with Gasteiger partial charge in [0.25, 0.3) is 0 Å². The highest BCUT2D eigenvalue weighted by Gasteiger charge is 2.25. The Morgan fingerprint density at radius 2 is 2.50 bits per heavy atom. The van der Waals surface area contributed by atoms with Crippen molar-refractivity contribution in [1.82, 2.24) is 4.90 Å². The van der Waals surface area contributed by atoms with E-state index in [4.69, 9.17) is 4.74 Å². The summed E-state index contributed by atoms with van der Waals surface area (Å²) in [5.41, 5.74) is 0. The summed E-state index contributed by atoms with van der Waals surface area (Å²) in [5.74, 6) is 2.42. The van der Waals surface area contributed by atoms with Gasteiger partial charge in [-0.3, -0.25) is 4.79 Å². The van der Waals surface area contributed by atoms with Crippen molar-refractivity contribution in [1.29, 1.82) is 0 Å². The van der Waals surface area contributed by atoms with E-state index in [1.165, 1.54) is 5.75 Å². The highest BCUT2D eigenvalue weighted by atomic mass is 79.9. The summed E-state index contributed by atoms with van der Waals surface area (Å²) in [6.07, 6.45) is 1.12. The van der Waals surface area contributed by atoms with Crippen molar-refractivity contribution in [2.75, 3.05) is 37.1 Å². The smallest absolute Gasteiger partial charge is 0.233 e. The molecule has 0 saturated carbocycles. The molecule has 0 radical (unpaired) electrons. The first kappa shape index (κ1) is 12.3. The molecule has 1 aliphatic heterocycles. The summed E-state index contributed by atoms with van der Waals surface area (Å²) in [6.45, 7) is 1.34. The summed E-state index contributed by atoms with van der Waals surface area (Å²) in [6, 6.07) is 0.417. The van der Waals surface area contributed by atoms with Gasteiger partial charge in [0, 0.05) is 25.4 Å². The molecule has 0 N–H and O–H groups in total. The topological polar surface area (TPSA) is 29.5 Å². The largest absolute Gasteiger partial charge is 0.383 e. The Morgan fingerprint density at radius 1 is 1.71 bits per heavy atom. The Labute approximate surface area is 97.7 Å². The van der Waals surface area contributed by atoms with Gasteiger partial charge >= 0.3 is 0 Å². The fourth-order valence-electron chi connectivity index (χ4n) is 1.55. The Morgan fingerprint density at radius 3 is 3.00 bits per heavy atom. The average molecular weight is 282 g/mol. The third-order valence-electron chi connectivity index (χ3n) is 2.32. The van der Waals surface area contributed by atoms with E-state index in [0.29, 0.717) is 24.5 Å². The molecule has 82 valence electrons. The summed E-state index contributed by atoms with van der Waals surface area (Å²) < 4.78 is 5.01. The van der Waals surface area contributed by atoms with Crippen molar-refractivity contribution >= 4 is 33.6 Å². The molecule has 0 aromatic heterocycles. The Balaban J connectivity index is 2.46. The quantitative estimate of drug-likeness (QED) is 0.713. The molecule has 0 aliphatic carbocycles. The van der Waals surface area contributed by atoms with Gasteiger partial charge in [0.15, 0.2) is 0 Å². The predicted octanol–water partition coefficient (Wildman–Crippen LogP) is 1.36. The van der Waals surface area contributed by atoms with Gasteiger partial charge in [0.05, 0.1) is 11.9 Å². The molecule has 1 amide bonds. The number of hydrogen-bond donors (Lipinski definition) is 0. The van der Waals surface area contributed by atoms with Gasteiger partial charge in [0.1, 0.15) is 0 Å². The van der Waals surface area contributed by atoms with Gasteiger partial charge in [-0.1, -0.05) is 15.9 Å². The van der Waals surface area contributed by atoms with Crippen molar-refractivity contribution in [2.24, 2.45) is 0 Å². The van der Waals surface area contributed by atoms with Crippen LogP contribution in [0, 0.1) is 0 Å². The molecule has 3 nitrogen and oxygen atoms in total. The number of rotatable bonds is 5. The summed E-state index contributed by atoms with van der Waals surface area (Å²) in [4.78, 5) is 13.6. The normalized spacial score (nSPS) is 21.1. The van der Waals surface area contributed by atoms with E-state index in [1.54, 1.807) is 7.11 Å². The van der Waals surface area contributed by atoms with Crippen molar-refractivity contribution < 1.29 is 9.53 Å². The predicted molar refractivity (Wildman–Crippen MR) is 63.1 cm³/mol. The molecule has 1 atom stereocenters. The summed E-state index contributed by atoms with van der Waals surface area (Å²) in [7, 11) is 1.67. The van der Waals surface area contributed by atoms with Crippen molar-refractivity contribution in [2.45, 2.75) is 12.5 Å². The lowest BCUT2D eigenvalue weighted by molar-refractivity contribution is -0.130. The zero-order valence-electron chi connectivity index (χ0n) is 8.37. The minimum absolute atomic E-state index is 0.176. The van der Waals surface area contributed by atoms with Crippen molar-refractivity contribution in [3.05, 3.63) is 0 Å². The maximum absolute atomic E-state index is 11.6. The standard InChI is InChI=1S/C9H16BrNO2S/c1-13-4-3-11(9(12)6-10)8-2-5-14-7-8/h8H,2-7H2,1H3. The molecule has 14 heavy (non-hydrogen) atoms. The number of halogens is 1. The van der Waals surface area contributed by atoms with Crippen LogP contribution in [0.1, 0.15) is 6.42 Å². The molecular weight excluding hydrogens is 266 g/mol. The Hall–Kier alpha value is 0.260. The number of carbonyl (C=O) groups excluding carboxylic acids is 1. The first-order chi connectivity index (χ1) is 6.79. The number of alkyl halides is 1. The molecule has 0 aromatic carbocycles. The molecule has 5 heteroatoms. The van der Waals surface area contributed by atoms with Gasteiger partial charge in [-0.05, 0) is 12.2 Å². The number of carbonyl (C=O) groups is 1. The first-order valence-electron chi connectivity index (χ1n) is 4.71. The van der Waals surface area contributed by atoms with Crippen molar-refractivity contribution in [3.8, 4) is 0 Å². The number of hydrogen-bond acceptors (Lipinski definition) is 3. The Kier molecular flexibility index (Phi) is 5.89. The zero-order chi connectivity index (χ0) is 10.4. The number of methoxy groups -OCH3 is 1. The van der Waals surface area contributed by atoms with E-state index in [-0.39, 0.29) is 5.91 Å². The maximum Gasteiger partial charge on any atom is 0.233 e. The summed E-state index contributed by atoms with van der Waals surface area (Å²) >= 11 is 5.14. The lowest BCUT2D eigenvalue weighted by atomic mass is 10.2. The van der Waals surface area contributed by atoms with Crippen LogP contribution < -0.4 is 0 Å². The van der Waals surface area contributed by atoms with Gasteiger partial charge in [-0.25, -0.2) is 0 Å². The lowest BCUT2D eigenvalue weighted by Crippen LogP contribution is -2.43. The molecule has 0 spiro atoms. The monoisotopic (exact) mass is 281 g/mol. The SMILES string of the molecule is COCCN(C(=O)CBr)C1CCSC1. The van der Waals surface area contributed by atoms with Gasteiger partial charge in [0.2, 0.25) is 5.91 Å². The highest BCUT2D eigenvalue weighted by Crippen LogP contribution is 2.22. The van der Waals surface area contributed by atoms with E-state index in [1.807, 2.05) is 16.7 Å². The number of thioether (sulfide) groups is 1. The van der Waals surface area contributed by atoms with Crippen LogP contribution in [0.25, 0.3) is 0 Å². The molecular formula is C9H16BrNO2S. The highest BCUT2D eigenvalue weighted by molar-refractivity contribution is 9.09. The maximum atomic E-state index is 11.6. The molecule has 1 rings (SSSR count). The van der Waals surface area contributed by atoms with Gasteiger partial charge in [-0.15, -0.1) is 0 Å². The van der Waals surface area contributed by atoms with Crippen LogP contribution in [0.15, 0.2) is 0 Å². The Bertz CT molecular complexity index is 186. The molecule has 1 fully saturated rings. The first-order valence-corrected chi connectivity index (χ1v) is 6.99. The second-order valence-electron chi connectivity index (χ2n) is 3.23. The van der Waals surface area contributed by atoms with Crippen LogP contribution in [-0.4, -0.2) is 53.9 Å². The van der Waals surface area contributed by atoms with Gasteiger partial charge < -0.3 is 9.64 Å². The van der Waals surface area contributed by atoms with Crippen LogP contribution in [0.3, 0.4) is 0 Å². The zero-order valence-corrected chi connectivity index (χ0v) is 10.8. The average Bonchev–Trinajstić information content (AvgIpc) is 2.71. The minimum atomic E-state index is 0.176. The van der Waals surface area contributed by atoms with Crippen LogP contribution in [-0.2, 0) is 9.53 Å². The third kappa shape index (κ3) is 3.44. The molecule has 1 unspecified atom stereocenters. The van der Waals surface area contributed by atoms with E-state index < -0.39 is 0 Å². The lowest BCUT2D eigenvalue weighted by Gasteiger charge is -2.27. The number of nitrogens with zero attached hydrogens (tertiary/aromatic N) is 1. The fraction of sp³-hybridized carbons (Fsp3) is 0.889. The van der Waals surface area contributed by atoms with Crippen LogP contribution in [0.5, 0.6) is 0 Å². The van der Waals surface area contributed by atoms with Crippen LogP contribution in [0.2, 0.25) is 0 Å². The van der Waals surface area contributed by atoms with E-state index in [2.05, 4.69) is 15.9 Å². The number of ether oxygens (including phenoxy) is 1. The number of amides is 1. The molecule has 1 saturated heterocycles. The van der Waals surface area contributed by atoms with E-state index in [0.717, 1.165) is 12.2 Å². The van der Waals surface area contributed by atoms with Crippen LogP contribution >= 0.6 is 27.7 Å². The molecule has 0 aromatic rings. The molecule has 1 heterocycles. The van der Waals surface area contributed by atoms with E-state index in [9.17, 15) is 4.79 Å². The van der Waals surface area contributed by atoms with Gasteiger partial charge in [-0.2, -0.15) is 11.8 Å². The van der Waals surface area contributed by atoms with Crippen LogP contribution in [0.4, 0.5) is 0 Å². The second kappa shape index (κ2) is 6.69. The van der Waals surface area contributed by atoms with Crippen molar-refractivity contribution in [3.63, 3.8) is 0 Å².